The summed E-state index contributed by atoms with van der Waals surface area (Å²) in [6.07, 6.45) is 0. The molecule has 120 valence electrons. The molecular weight excluding hydrogens is 362 g/mol. The zero-order valence-electron chi connectivity index (χ0n) is 12.5. The van der Waals surface area contributed by atoms with Crippen LogP contribution >= 0.6 is 15.9 Å². The monoisotopic (exact) mass is 377 g/mol. The molecule has 2 aromatic rings. The van der Waals surface area contributed by atoms with Gasteiger partial charge in [0, 0.05) is 11.0 Å². The second kappa shape index (κ2) is 8.33. The van der Waals surface area contributed by atoms with Crippen molar-refractivity contribution in [3.8, 4) is 5.75 Å². The van der Waals surface area contributed by atoms with Gasteiger partial charge in [-0.15, -0.1) is 0 Å². The van der Waals surface area contributed by atoms with Crippen molar-refractivity contribution in [1.29, 1.82) is 0 Å². The van der Waals surface area contributed by atoms with Crippen molar-refractivity contribution in [1.82, 2.24) is 5.32 Å². The molecule has 5 nitrogen and oxygen atoms in total. The molecule has 0 unspecified atom stereocenters. The molecule has 23 heavy (non-hydrogen) atoms. The number of carbonyl (C=O) groups is 2. The molecule has 0 bridgehead atoms. The number of benzene rings is 2. The Morgan fingerprint density at radius 2 is 1.78 bits per heavy atom. The molecule has 0 saturated carbocycles. The van der Waals surface area contributed by atoms with E-state index in [0.29, 0.717) is 17.9 Å². The Hall–Kier alpha value is -2.34. The second-order valence-corrected chi connectivity index (χ2v) is 5.53. The summed E-state index contributed by atoms with van der Waals surface area (Å²) in [5, 5.41) is 2.70. The number of amides is 1. The zero-order valence-corrected chi connectivity index (χ0v) is 14.1. The smallest absolute Gasteiger partial charge is 0.338 e. The van der Waals surface area contributed by atoms with E-state index < -0.39 is 5.97 Å². The van der Waals surface area contributed by atoms with Crippen molar-refractivity contribution in [2.24, 2.45) is 0 Å². The van der Waals surface area contributed by atoms with E-state index in [2.05, 4.69) is 21.2 Å². The van der Waals surface area contributed by atoms with E-state index in [-0.39, 0.29) is 12.5 Å². The molecule has 1 amide bonds. The van der Waals surface area contributed by atoms with E-state index in [1.807, 2.05) is 24.3 Å². The Balaban J connectivity index is 1.79. The average Bonchev–Trinajstić information content (AvgIpc) is 2.59. The molecular formula is C17H16BrNO4. The third-order valence-electron chi connectivity index (χ3n) is 3.09. The third kappa shape index (κ3) is 5.10. The number of esters is 1. The summed E-state index contributed by atoms with van der Waals surface area (Å²) in [7, 11) is 1.54. The van der Waals surface area contributed by atoms with Crippen LogP contribution in [0.1, 0.15) is 15.9 Å². The topological polar surface area (TPSA) is 64.6 Å². The van der Waals surface area contributed by atoms with Gasteiger partial charge in [-0.1, -0.05) is 34.1 Å². The van der Waals surface area contributed by atoms with E-state index in [4.69, 9.17) is 9.47 Å². The van der Waals surface area contributed by atoms with Gasteiger partial charge in [0.1, 0.15) is 5.75 Å². The van der Waals surface area contributed by atoms with Gasteiger partial charge in [-0.2, -0.15) is 0 Å². The first-order chi connectivity index (χ1) is 11.1. The summed E-state index contributed by atoms with van der Waals surface area (Å²) in [5.41, 5.74) is 1.31. The Morgan fingerprint density at radius 3 is 2.43 bits per heavy atom. The fourth-order valence-electron chi connectivity index (χ4n) is 1.83. The highest BCUT2D eigenvalue weighted by atomic mass is 79.9. The summed E-state index contributed by atoms with van der Waals surface area (Å²) < 4.78 is 10.9. The molecule has 6 heteroatoms. The van der Waals surface area contributed by atoms with E-state index in [1.54, 1.807) is 31.4 Å². The van der Waals surface area contributed by atoms with Gasteiger partial charge in [0.2, 0.25) is 0 Å². The van der Waals surface area contributed by atoms with Gasteiger partial charge in [0.05, 0.1) is 12.7 Å². The Morgan fingerprint density at radius 1 is 1.09 bits per heavy atom. The van der Waals surface area contributed by atoms with Crippen molar-refractivity contribution in [3.63, 3.8) is 0 Å². The Kier molecular flexibility index (Phi) is 6.17. The molecule has 0 radical (unpaired) electrons. The molecule has 2 rings (SSSR count). The van der Waals surface area contributed by atoms with Crippen molar-refractivity contribution in [2.75, 3.05) is 13.7 Å². The number of methoxy groups -OCH3 is 1. The van der Waals surface area contributed by atoms with Gasteiger partial charge in [0.25, 0.3) is 5.91 Å². The van der Waals surface area contributed by atoms with Crippen LogP contribution in [-0.2, 0) is 16.1 Å². The van der Waals surface area contributed by atoms with Gasteiger partial charge >= 0.3 is 5.97 Å². The maximum absolute atomic E-state index is 11.8. The fraction of sp³-hybridized carbons (Fsp3) is 0.176. The number of carbonyl (C=O) groups excluding carboxylic acids is 2. The minimum absolute atomic E-state index is 0.324. The molecule has 0 aromatic heterocycles. The van der Waals surface area contributed by atoms with E-state index in [1.165, 1.54) is 0 Å². The summed E-state index contributed by atoms with van der Waals surface area (Å²) in [5.74, 6) is -0.265. The number of nitrogens with one attached hydrogen (secondary N) is 1. The lowest BCUT2D eigenvalue weighted by Crippen LogP contribution is -2.28. The number of hydrogen-bond acceptors (Lipinski definition) is 4. The standard InChI is InChI=1S/C17H16BrNO4/c1-22-14-8-6-12(7-9-14)17(21)23-11-16(20)19-10-13-4-2-3-5-15(13)18/h2-9H,10-11H2,1H3,(H,19,20). The molecule has 0 saturated heterocycles. The number of hydrogen-bond donors (Lipinski definition) is 1. The molecule has 0 fully saturated rings. The first-order valence-electron chi connectivity index (χ1n) is 6.91. The van der Waals surface area contributed by atoms with Crippen molar-refractivity contribution in [2.45, 2.75) is 6.54 Å². The lowest BCUT2D eigenvalue weighted by atomic mass is 10.2. The van der Waals surface area contributed by atoms with Gasteiger partial charge in [-0.3, -0.25) is 4.79 Å². The van der Waals surface area contributed by atoms with Crippen LogP contribution in [-0.4, -0.2) is 25.6 Å². The third-order valence-corrected chi connectivity index (χ3v) is 3.87. The molecule has 2 aromatic carbocycles. The lowest BCUT2D eigenvalue weighted by molar-refractivity contribution is -0.124. The first kappa shape index (κ1) is 17.0. The van der Waals surface area contributed by atoms with Crippen LogP contribution < -0.4 is 10.1 Å². The normalized spacial score (nSPS) is 10.0. The number of rotatable bonds is 6. The quantitative estimate of drug-likeness (QED) is 0.786. The Labute approximate surface area is 142 Å². The Bertz CT molecular complexity index is 685. The minimum Gasteiger partial charge on any atom is -0.497 e. The zero-order chi connectivity index (χ0) is 16.7. The predicted molar refractivity (Wildman–Crippen MR) is 89.3 cm³/mol. The molecule has 1 N–H and O–H groups in total. The van der Waals surface area contributed by atoms with E-state index >= 15 is 0 Å². The van der Waals surface area contributed by atoms with Gasteiger partial charge in [-0.05, 0) is 35.9 Å². The van der Waals surface area contributed by atoms with Gasteiger partial charge in [0.15, 0.2) is 6.61 Å². The number of halogens is 1. The van der Waals surface area contributed by atoms with Crippen molar-refractivity contribution in [3.05, 3.63) is 64.1 Å². The first-order valence-corrected chi connectivity index (χ1v) is 7.70. The van der Waals surface area contributed by atoms with Crippen LogP contribution in [0.25, 0.3) is 0 Å². The molecule has 0 heterocycles. The summed E-state index contributed by atoms with van der Waals surface area (Å²) in [6.45, 7) is 0.0374. The molecule has 0 aliphatic carbocycles. The lowest BCUT2D eigenvalue weighted by Gasteiger charge is -2.08. The maximum Gasteiger partial charge on any atom is 0.338 e. The van der Waals surface area contributed by atoms with Crippen LogP contribution in [0, 0.1) is 0 Å². The van der Waals surface area contributed by atoms with E-state index in [9.17, 15) is 9.59 Å². The largest absolute Gasteiger partial charge is 0.497 e. The van der Waals surface area contributed by atoms with Crippen LogP contribution in [0.4, 0.5) is 0 Å². The molecule has 0 aliphatic rings. The SMILES string of the molecule is COc1ccc(C(=O)OCC(=O)NCc2ccccc2Br)cc1. The van der Waals surface area contributed by atoms with Gasteiger partial charge < -0.3 is 14.8 Å². The average molecular weight is 378 g/mol. The minimum atomic E-state index is -0.552. The number of ether oxygens (including phenoxy) is 2. The van der Waals surface area contributed by atoms with Gasteiger partial charge in [-0.25, -0.2) is 4.79 Å². The fourth-order valence-corrected chi connectivity index (χ4v) is 2.25. The van der Waals surface area contributed by atoms with Crippen LogP contribution in [0.3, 0.4) is 0 Å². The molecule has 0 atom stereocenters. The van der Waals surface area contributed by atoms with Crippen molar-refractivity contribution < 1.29 is 19.1 Å². The van der Waals surface area contributed by atoms with E-state index in [0.717, 1.165) is 10.0 Å². The highest BCUT2D eigenvalue weighted by Gasteiger charge is 2.10. The molecule has 0 aliphatic heterocycles. The highest BCUT2D eigenvalue weighted by molar-refractivity contribution is 9.10. The summed E-state index contributed by atoms with van der Waals surface area (Å²) in [6, 6.07) is 14.1. The summed E-state index contributed by atoms with van der Waals surface area (Å²) in [4.78, 5) is 23.6. The van der Waals surface area contributed by atoms with Crippen LogP contribution in [0.5, 0.6) is 5.75 Å². The predicted octanol–water partition coefficient (Wildman–Crippen LogP) is 2.93. The van der Waals surface area contributed by atoms with Crippen LogP contribution in [0.15, 0.2) is 53.0 Å². The highest BCUT2D eigenvalue weighted by Crippen LogP contribution is 2.15. The second-order valence-electron chi connectivity index (χ2n) is 4.67. The van der Waals surface area contributed by atoms with Crippen LogP contribution in [0.2, 0.25) is 0 Å². The summed E-state index contributed by atoms with van der Waals surface area (Å²) >= 11 is 3.40. The molecule has 0 spiro atoms. The van der Waals surface area contributed by atoms with Crippen molar-refractivity contribution >= 4 is 27.8 Å². The maximum atomic E-state index is 11.8.